The number of hydrogen-bond donors (Lipinski definition) is 2. The van der Waals surface area contributed by atoms with E-state index >= 15 is 8.78 Å². The molecule has 4 heterocycles. The minimum absolute atomic E-state index is 0.0555. The van der Waals surface area contributed by atoms with Crippen LogP contribution in [0.3, 0.4) is 0 Å². The molecular formula is C35H36F3N5O4. The van der Waals surface area contributed by atoms with Crippen molar-refractivity contribution in [3.8, 4) is 0 Å². The topological polar surface area (TPSA) is 114 Å². The standard InChI is InChI=1S/C35H36F3N5O4/c1-20-25(31-27(36)7-8-28(37)32(31)38)16-30-35(46)43(20)9-3-2-4-10-47-11-5-6-21-12-26(33(40-17-21)41-19-44)22-13-23-14-24(34(45)42-30)18-39-29(23)15-22/h5-8,12,14,17-20,22,25,30H,2-4,9-11,13,15-16H2,1H3,(H,42,45)(H,40,41,44)/b6-5+. The Morgan fingerprint density at radius 2 is 1.87 bits per heavy atom. The average molecular weight is 648 g/mol. The third-order valence-electron chi connectivity index (χ3n) is 9.41. The van der Waals surface area contributed by atoms with Crippen molar-refractivity contribution in [2.24, 2.45) is 0 Å². The van der Waals surface area contributed by atoms with Crippen LogP contribution >= 0.6 is 0 Å². The van der Waals surface area contributed by atoms with Gasteiger partial charge in [-0.2, -0.15) is 0 Å². The SMILES string of the molecule is CC1C(c2c(F)ccc(F)c2F)CC2NC(=O)c3cnc4c(c3)CC(C4)c3cc(cnc3NC=O)/C=C/COCCCCCN1C2=O. The minimum Gasteiger partial charge on any atom is -0.377 e. The summed E-state index contributed by atoms with van der Waals surface area (Å²) in [5, 5.41) is 5.47. The van der Waals surface area contributed by atoms with Gasteiger partial charge in [0.2, 0.25) is 12.3 Å². The number of fused-ring (bicyclic) bond motifs is 7. The molecule has 1 aliphatic carbocycles. The number of amides is 3. The molecule has 12 heteroatoms. The number of piperidine rings is 1. The van der Waals surface area contributed by atoms with E-state index in [1.54, 1.807) is 19.2 Å². The highest BCUT2D eigenvalue weighted by atomic mass is 19.2. The second kappa shape index (κ2) is 14.0. The number of nitrogens with zero attached hydrogens (tertiary/aromatic N) is 3. The number of carbonyl (C=O) groups is 3. The van der Waals surface area contributed by atoms with Gasteiger partial charge in [-0.3, -0.25) is 19.4 Å². The van der Waals surface area contributed by atoms with Gasteiger partial charge in [-0.15, -0.1) is 0 Å². The summed E-state index contributed by atoms with van der Waals surface area (Å²) >= 11 is 0. The van der Waals surface area contributed by atoms with Crippen molar-refractivity contribution in [1.29, 1.82) is 0 Å². The van der Waals surface area contributed by atoms with Gasteiger partial charge in [0.1, 0.15) is 17.7 Å². The van der Waals surface area contributed by atoms with E-state index in [4.69, 9.17) is 4.74 Å². The normalized spacial score (nSPS) is 24.2. The molecule has 1 fully saturated rings. The first-order chi connectivity index (χ1) is 22.7. The van der Waals surface area contributed by atoms with Gasteiger partial charge >= 0.3 is 0 Å². The number of aromatic nitrogens is 2. The van der Waals surface area contributed by atoms with E-state index in [2.05, 4.69) is 20.6 Å². The van der Waals surface area contributed by atoms with Gasteiger partial charge in [-0.25, -0.2) is 18.2 Å². The molecule has 7 bridgehead atoms. The lowest BCUT2D eigenvalue weighted by atomic mass is 9.81. The number of hydrogen-bond acceptors (Lipinski definition) is 6. The highest BCUT2D eigenvalue weighted by molar-refractivity contribution is 5.98. The smallest absolute Gasteiger partial charge is 0.253 e. The predicted octanol–water partition coefficient (Wildman–Crippen LogP) is 5.06. The molecule has 2 aliphatic heterocycles. The van der Waals surface area contributed by atoms with Crippen LogP contribution in [0.5, 0.6) is 0 Å². The molecule has 3 amide bonds. The molecule has 246 valence electrons. The van der Waals surface area contributed by atoms with E-state index in [0.29, 0.717) is 51.2 Å². The average Bonchev–Trinajstić information content (AvgIpc) is 3.49. The van der Waals surface area contributed by atoms with Gasteiger partial charge in [-0.05, 0) is 92.3 Å². The van der Waals surface area contributed by atoms with Crippen LogP contribution in [0.4, 0.5) is 19.0 Å². The largest absolute Gasteiger partial charge is 0.377 e. The second-order valence-corrected chi connectivity index (χ2v) is 12.3. The summed E-state index contributed by atoms with van der Waals surface area (Å²) < 4.78 is 50.1. The summed E-state index contributed by atoms with van der Waals surface area (Å²) in [4.78, 5) is 49.2. The summed E-state index contributed by atoms with van der Waals surface area (Å²) in [6.07, 6.45) is 10.6. The molecule has 1 aromatic carbocycles. The van der Waals surface area contributed by atoms with E-state index in [0.717, 1.165) is 47.4 Å². The van der Waals surface area contributed by atoms with Crippen molar-refractivity contribution >= 4 is 30.1 Å². The molecule has 6 rings (SSSR count). The first-order valence-electron chi connectivity index (χ1n) is 15.9. The van der Waals surface area contributed by atoms with Crippen LogP contribution in [-0.4, -0.2) is 64.9 Å². The predicted molar refractivity (Wildman–Crippen MR) is 168 cm³/mol. The number of ether oxygens (including phenoxy) is 1. The van der Waals surface area contributed by atoms with Crippen LogP contribution in [-0.2, 0) is 27.2 Å². The molecule has 1 saturated heterocycles. The van der Waals surface area contributed by atoms with Crippen LogP contribution in [0.2, 0.25) is 0 Å². The van der Waals surface area contributed by atoms with Crippen molar-refractivity contribution in [3.05, 3.63) is 93.7 Å². The van der Waals surface area contributed by atoms with Gasteiger partial charge < -0.3 is 20.3 Å². The second-order valence-electron chi connectivity index (χ2n) is 12.3. The molecule has 0 spiro atoms. The zero-order chi connectivity index (χ0) is 33.1. The maximum Gasteiger partial charge on any atom is 0.253 e. The van der Waals surface area contributed by atoms with Crippen molar-refractivity contribution in [2.75, 3.05) is 25.1 Å². The first-order valence-corrected chi connectivity index (χ1v) is 15.9. The molecule has 3 aromatic rings. The Balaban J connectivity index is 1.32. The summed E-state index contributed by atoms with van der Waals surface area (Å²) in [7, 11) is 0. The first kappa shape index (κ1) is 32.4. The van der Waals surface area contributed by atoms with E-state index in [9.17, 15) is 18.8 Å². The molecule has 2 aromatic heterocycles. The van der Waals surface area contributed by atoms with Crippen molar-refractivity contribution in [2.45, 2.75) is 69.4 Å². The summed E-state index contributed by atoms with van der Waals surface area (Å²) in [6.45, 7) is 2.88. The van der Waals surface area contributed by atoms with Crippen LogP contribution in [0.25, 0.3) is 6.08 Å². The Labute approximate surface area is 270 Å². The number of carbonyl (C=O) groups excluding carboxylic acids is 3. The Morgan fingerprint density at radius 1 is 1.04 bits per heavy atom. The molecule has 0 saturated carbocycles. The lowest BCUT2D eigenvalue weighted by Gasteiger charge is -2.43. The lowest BCUT2D eigenvalue weighted by Crippen LogP contribution is -2.58. The molecular weight excluding hydrogens is 611 g/mol. The molecule has 0 radical (unpaired) electrons. The zero-order valence-electron chi connectivity index (χ0n) is 26.0. The Kier molecular flexibility index (Phi) is 9.67. The van der Waals surface area contributed by atoms with Crippen LogP contribution in [0.15, 0.2) is 42.7 Å². The highest BCUT2D eigenvalue weighted by Gasteiger charge is 2.43. The monoisotopic (exact) mass is 647 g/mol. The van der Waals surface area contributed by atoms with Gasteiger partial charge in [0.15, 0.2) is 11.6 Å². The highest BCUT2D eigenvalue weighted by Crippen LogP contribution is 2.38. The molecule has 4 unspecified atom stereocenters. The summed E-state index contributed by atoms with van der Waals surface area (Å²) in [5.41, 5.74) is 3.18. The fourth-order valence-electron chi connectivity index (χ4n) is 6.98. The van der Waals surface area contributed by atoms with Crippen molar-refractivity contribution in [1.82, 2.24) is 20.2 Å². The van der Waals surface area contributed by atoms with Crippen molar-refractivity contribution < 1.29 is 32.3 Å². The molecule has 47 heavy (non-hydrogen) atoms. The Hall–Kier alpha value is -4.58. The number of benzene rings is 1. The quantitative estimate of drug-likeness (QED) is 0.304. The number of halogens is 3. The fourth-order valence-corrected chi connectivity index (χ4v) is 6.98. The van der Waals surface area contributed by atoms with E-state index in [1.165, 1.54) is 11.1 Å². The number of nitrogens with one attached hydrogen (secondary N) is 2. The van der Waals surface area contributed by atoms with Gasteiger partial charge in [0.05, 0.1) is 12.2 Å². The number of rotatable bonds is 3. The van der Waals surface area contributed by atoms with E-state index in [-0.39, 0.29) is 23.8 Å². The molecule has 2 N–H and O–H groups in total. The maximum atomic E-state index is 15.0. The number of pyridine rings is 2. The van der Waals surface area contributed by atoms with Gasteiger partial charge in [-0.1, -0.05) is 12.2 Å². The van der Waals surface area contributed by atoms with Crippen molar-refractivity contribution in [3.63, 3.8) is 0 Å². The van der Waals surface area contributed by atoms with Crippen LogP contribution < -0.4 is 10.6 Å². The Morgan fingerprint density at radius 3 is 2.70 bits per heavy atom. The molecule has 3 aliphatic rings. The molecule has 4 atom stereocenters. The Bertz CT molecular complexity index is 1720. The maximum absolute atomic E-state index is 15.0. The molecule has 9 nitrogen and oxygen atoms in total. The van der Waals surface area contributed by atoms with E-state index < -0.39 is 46.9 Å². The zero-order valence-corrected chi connectivity index (χ0v) is 26.0. The lowest BCUT2D eigenvalue weighted by molar-refractivity contribution is -0.139. The van der Waals surface area contributed by atoms with E-state index in [1.807, 2.05) is 18.2 Å². The van der Waals surface area contributed by atoms with Crippen LogP contribution in [0, 0.1) is 17.5 Å². The van der Waals surface area contributed by atoms with Crippen LogP contribution in [0.1, 0.15) is 82.7 Å². The third kappa shape index (κ3) is 6.78. The summed E-state index contributed by atoms with van der Waals surface area (Å²) in [6, 6.07) is 3.61. The fraction of sp³-hybridized carbons (Fsp3) is 0.400. The third-order valence-corrected chi connectivity index (χ3v) is 9.41. The number of anilines is 1. The minimum atomic E-state index is -1.29. The van der Waals surface area contributed by atoms with Gasteiger partial charge in [0, 0.05) is 48.8 Å². The summed E-state index contributed by atoms with van der Waals surface area (Å²) in [5.74, 6) is -4.77. The van der Waals surface area contributed by atoms with Gasteiger partial charge in [0.25, 0.3) is 5.91 Å².